The van der Waals surface area contributed by atoms with E-state index in [-0.39, 0.29) is 11.9 Å². The SMILES string of the molecule is CC(C)(N)C(C)(C)C(=O)NC1CC=CC1. The molecule has 15 heavy (non-hydrogen) atoms. The van der Waals surface area contributed by atoms with E-state index in [4.69, 9.17) is 5.73 Å². The van der Waals surface area contributed by atoms with Crippen molar-refractivity contribution in [2.45, 2.75) is 52.1 Å². The number of rotatable bonds is 3. The Balaban J connectivity index is 2.59. The van der Waals surface area contributed by atoms with Crippen molar-refractivity contribution in [2.75, 3.05) is 0 Å². The van der Waals surface area contributed by atoms with Gasteiger partial charge in [0.05, 0.1) is 5.41 Å². The summed E-state index contributed by atoms with van der Waals surface area (Å²) < 4.78 is 0. The maximum Gasteiger partial charge on any atom is 0.227 e. The molecule has 0 aromatic heterocycles. The highest BCUT2D eigenvalue weighted by Crippen LogP contribution is 2.29. The Hall–Kier alpha value is -0.830. The van der Waals surface area contributed by atoms with Crippen LogP contribution in [0.15, 0.2) is 12.2 Å². The van der Waals surface area contributed by atoms with Crippen molar-refractivity contribution in [1.29, 1.82) is 0 Å². The first-order valence-corrected chi connectivity index (χ1v) is 5.50. The van der Waals surface area contributed by atoms with Crippen LogP contribution in [0.2, 0.25) is 0 Å². The van der Waals surface area contributed by atoms with Gasteiger partial charge >= 0.3 is 0 Å². The molecule has 0 heterocycles. The quantitative estimate of drug-likeness (QED) is 0.695. The molecule has 1 aliphatic carbocycles. The molecule has 0 saturated carbocycles. The number of hydrogen-bond acceptors (Lipinski definition) is 2. The molecule has 1 amide bonds. The second-order valence-electron chi connectivity index (χ2n) is 5.46. The van der Waals surface area contributed by atoms with Gasteiger partial charge in [0.15, 0.2) is 0 Å². The Morgan fingerprint density at radius 2 is 1.73 bits per heavy atom. The minimum absolute atomic E-state index is 0.0451. The lowest BCUT2D eigenvalue weighted by Gasteiger charge is -2.37. The van der Waals surface area contributed by atoms with Crippen LogP contribution in [0, 0.1) is 5.41 Å². The molecule has 1 rings (SSSR count). The molecule has 1 aliphatic rings. The fourth-order valence-electron chi connectivity index (χ4n) is 1.39. The second kappa shape index (κ2) is 3.97. The Morgan fingerprint density at radius 3 is 2.13 bits per heavy atom. The lowest BCUT2D eigenvalue weighted by molar-refractivity contribution is -0.132. The molecule has 0 aromatic rings. The van der Waals surface area contributed by atoms with Crippen LogP contribution < -0.4 is 11.1 Å². The van der Waals surface area contributed by atoms with Crippen molar-refractivity contribution in [3.05, 3.63) is 12.2 Å². The largest absolute Gasteiger partial charge is 0.352 e. The zero-order valence-electron chi connectivity index (χ0n) is 10.1. The molecule has 0 unspecified atom stereocenters. The monoisotopic (exact) mass is 210 g/mol. The van der Waals surface area contributed by atoms with Crippen molar-refractivity contribution in [3.63, 3.8) is 0 Å². The van der Waals surface area contributed by atoms with E-state index < -0.39 is 11.0 Å². The fraction of sp³-hybridized carbons (Fsp3) is 0.750. The van der Waals surface area contributed by atoms with Crippen LogP contribution in [0.1, 0.15) is 40.5 Å². The molecule has 0 fully saturated rings. The summed E-state index contributed by atoms with van der Waals surface area (Å²) in [6, 6.07) is 0.263. The fourth-order valence-corrected chi connectivity index (χ4v) is 1.39. The first-order valence-electron chi connectivity index (χ1n) is 5.50. The predicted molar refractivity (Wildman–Crippen MR) is 62.4 cm³/mol. The smallest absolute Gasteiger partial charge is 0.227 e. The number of nitrogens with one attached hydrogen (secondary N) is 1. The van der Waals surface area contributed by atoms with E-state index in [9.17, 15) is 4.79 Å². The van der Waals surface area contributed by atoms with Gasteiger partial charge in [-0.25, -0.2) is 0 Å². The third-order valence-electron chi connectivity index (χ3n) is 3.52. The van der Waals surface area contributed by atoms with Gasteiger partial charge in [-0.3, -0.25) is 4.79 Å². The Bertz CT molecular complexity index is 266. The summed E-state index contributed by atoms with van der Waals surface area (Å²) in [5, 5.41) is 3.04. The van der Waals surface area contributed by atoms with Crippen molar-refractivity contribution in [3.8, 4) is 0 Å². The van der Waals surface area contributed by atoms with Gasteiger partial charge in [0.2, 0.25) is 5.91 Å². The molecule has 0 saturated heterocycles. The summed E-state index contributed by atoms with van der Waals surface area (Å²) in [5.74, 6) is 0.0451. The van der Waals surface area contributed by atoms with Crippen LogP contribution in [-0.2, 0) is 4.79 Å². The van der Waals surface area contributed by atoms with Crippen LogP contribution in [0.3, 0.4) is 0 Å². The minimum atomic E-state index is -0.546. The Labute approximate surface area is 92.1 Å². The van der Waals surface area contributed by atoms with Crippen molar-refractivity contribution >= 4 is 5.91 Å². The standard InChI is InChI=1S/C12H22N2O/c1-11(2,12(3,4)13)10(15)14-9-7-5-6-8-9/h5-6,9H,7-8,13H2,1-4H3,(H,14,15). The number of carbonyl (C=O) groups is 1. The van der Waals surface area contributed by atoms with E-state index in [0.29, 0.717) is 0 Å². The maximum absolute atomic E-state index is 12.0. The van der Waals surface area contributed by atoms with Crippen LogP contribution in [0.25, 0.3) is 0 Å². The Kier molecular flexibility index (Phi) is 3.24. The summed E-state index contributed by atoms with van der Waals surface area (Å²) >= 11 is 0. The lowest BCUT2D eigenvalue weighted by Crippen LogP contribution is -2.56. The van der Waals surface area contributed by atoms with Crippen molar-refractivity contribution in [2.24, 2.45) is 11.1 Å². The third kappa shape index (κ3) is 2.59. The molecule has 0 aliphatic heterocycles. The maximum atomic E-state index is 12.0. The van der Waals surface area contributed by atoms with Gasteiger partial charge in [0, 0.05) is 11.6 Å². The number of nitrogens with two attached hydrogens (primary N) is 1. The molecular formula is C12H22N2O. The first kappa shape index (κ1) is 12.2. The number of hydrogen-bond donors (Lipinski definition) is 2. The zero-order chi connectivity index (χ0) is 11.7. The average Bonchev–Trinajstić information content (AvgIpc) is 2.54. The summed E-state index contributed by atoms with van der Waals surface area (Å²) in [6.45, 7) is 7.56. The molecule has 3 heteroatoms. The highest BCUT2D eigenvalue weighted by Gasteiger charge is 2.40. The van der Waals surface area contributed by atoms with Crippen LogP contribution in [0.5, 0.6) is 0 Å². The van der Waals surface area contributed by atoms with E-state index in [1.54, 1.807) is 0 Å². The van der Waals surface area contributed by atoms with Crippen LogP contribution in [-0.4, -0.2) is 17.5 Å². The summed E-state index contributed by atoms with van der Waals surface area (Å²) in [5.41, 5.74) is 4.96. The highest BCUT2D eigenvalue weighted by molar-refractivity contribution is 5.83. The molecule has 3 N–H and O–H groups in total. The summed E-state index contributed by atoms with van der Waals surface area (Å²) in [7, 11) is 0. The van der Waals surface area contributed by atoms with E-state index in [1.165, 1.54) is 0 Å². The van der Waals surface area contributed by atoms with Gasteiger partial charge in [0.25, 0.3) is 0 Å². The topological polar surface area (TPSA) is 55.1 Å². The second-order valence-corrected chi connectivity index (χ2v) is 5.46. The zero-order valence-corrected chi connectivity index (χ0v) is 10.1. The van der Waals surface area contributed by atoms with Crippen LogP contribution in [0.4, 0.5) is 0 Å². The van der Waals surface area contributed by atoms with E-state index in [0.717, 1.165) is 12.8 Å². The first-order chi connectivity index (χ1) is 6.75. The average molecular weight is 210 g/mol. The van der Waals surface area contributed by atoms with Gasteiger partial charge in [-0.1, -0.05) is 12.2 Å². The van der Waals surface area contributed by atoms with Crippen molar-refractivity contribution in [1.82, 2.24) is 5.32 Å². The predicted octanol–water partition coefficient (Wildman–Crippen LogP) is 1.58. The number of carbonyl (C=O) groups excluding carboxylic acids is 1. The molecular weight excluding hydrogens is 188 g/mol. The molecule has 3 nitrogen and oxygen atoms in total. The third-order valence-corrected chi connectivity index (χ3v) is 3.52. The lowest BCUT2D eigenvalue weighted by atomic mass is 9.74. The summed E-state index contributed by atoms with van der Waals surface area (Å²) in [6.07, 6.45) is 6.08. The molecule has 0 atom stereocenters. The molecule has 0 spiro atoms. The van der Waals surface area contributed by atoms with E-state index >= 15 is 0 Å². The molecule has 0 radical (unpaired) electrons. The van der Waals surface area contributed by atoms with Crippen LogP contribution >= 0.6 is 0 Å². The van der Waals surface area contributed by atoms with Crippen molar-refractivity contribution < 1.29 is 4.79 Å². The van der Waals surface area contributed by atoms with Gasteiger partial charge < -0.3 is 11.1 Å². The van der Waals surface area contributed by atoms with Gasteiger partial charge in [0.1, 0.15) is 0 Å². The molecule has 0 bridgehead atoms. The normalized spacial score (nSPS) is 18.2. The van der Waals surface area contributed by atoms with Gasteiger partial charge in [-0.15, -0.1) is 0 Å². The van der Waals surface area contributed by atoms with E-state index in [2.05, 4.69) is 17.5 Å². The summed E-state index contributed by atoms with van der Waals surface area (Å²) in [4.78, 5) is 12.0. The molecule has 86 valence electrons. The number of amides is 1. The van der Waals surface area contributed by atoms with Gasteiger partial charge in [-0.2, -0.15) is 0 Å². The highest BCUT2D eigenvalue weighted by atomic mass is 16.2. The van der Waals surface area contributed by atoms with E-state index in [1.807, 2.05) is 27.7 Å². The Morgan fingerprint density at radius 1 is 1.27 bits per heavy atom. The van der Waals surface area contributed by atoms with Gasteiger partial charge in [-0.05, 0) is 40.5 Å². The minimum Gasteiger partial charge on any atom is -0.352 e. The molecule has 0 aromatic carbocycles.